The summed E-state index contributed by atoms with van der Waals surface area (Å²) < 4.78 is 0. The van der Waals surface area contributed by atoms with Gasteiger partial charge in [-0.3, -0.25) is 14.6 Å². The summed E-state index contributed by atoms with van der Waals surface area (Å²) in [6.07, 6.45) is 3.15. The highest BCUT2D eigenvalue weighted by atomic mass is 16.2. The fourth-order valence-electron chi connectivity index (χ4n) is 2.97. The molecular weight excluding hydrogens is 302 g/mol. The molecule has 3 rings (SSSR count). The Hall–Kier alpha value is -2.69. The van der Waals surface area contributed by atoms with Gasteiger partial charge in [0.05, 0.1) is 0 Å². The molecule has 1 fully saturated rings. The first-order chi connectivity index (χ1) is 11.6. The number of rotatable bonds is 3. The van der Waals surface area contributed by atoms with Crippen LogP contribution in [0.25, 0.3) is 0 Å². The molecule has 5 nitrogen and oxygen atoms in total. The summed E-state index contributed by atoms with van der Waals surface area (Å²) in [5, 5.41) is 3.04. The molecule has 0 unspecified atom stereocenters. The highest BCUT2D eigenvalue weighted by Gasteiger charge is 2.25. The molecule has 0 bridgehead atoms. The van der Waals surface area contributed by atoms with Crippen LogP contribution in [0.2, 0.25) is 0 Å². The molecule has 0 aliphatic carbocycles. The van der Waals surface area contributed by atoms with Gasteiger partial charge in [-0.2, -0.15) is 0 Å². The van der Waals surface area contributed by atoms with Gasteiger partial charge < -0.3 is 10.2 Å². The van der Waals surface area contributed by atoms with Crippen molar-refractivity contribution >= 4 is 11.8 Å². The van der Waals surface area contributed by atoms with E-state index in [2.05, 4.69) is 10.3 Å². The van der Waals surface area contributed by atoms with Crippen LogP contribution in [0.4, 0.5) is 0 Å². The molecule has 0 atom stereocenters. The van der Waals surface area contributed by atoms with Gasteiger partial charge in [-0.15, -0.1) is 0 Å². The van der Waals surface area contributed by atoms with Crippen LogP contribution in [0, 0.1) is 6.92 Å². The molecule has 1 aliphatic heterocycles. The van der Waals surface area contributed by atoms with Crippen molar-refractivity contribution < 1.29 is 9.59 Å². The Labute approximate surface area is 141 Å². The van der Waals surface area contributed by atoms with Crippen LogP contribution in [-0.2, 0) is 0 Å². The first-order valence-electron chi connectivity index (χ1n) is 8.22. The number of likely N-dealkylation sites (tertiary alicyclic amines) is 1. The number of nitrogens with zero attached hydrogens (tertiary/aromatic N) is 2. The molecule has 0 radical (unpaired) electrons. The van der Waals surface area contributed by atoms with Crippen LogP contribution >= 0.6 is 0 Å². The summed E-state index contributed by atoms with van der Waals surface area (Å²) in [6, 6.07) is 13.1. The molecule has 0 saturated carbocycles. The quantitative estimate of drug-likeness (QED) is 0.943. The Balaban J connectivity index is 1.55. The average molecular weight is 323 g/mol. The highest BCUT2D eigenvalue weighted by Crippen LogP contribution is 2.15. The number of nitrogens with one attached hydrogen (secondary N) is 1. The summed E-state index contributed by atoms with van der Waals surface area (Å²) in [7, 11) is 0. The second-order valence-electron chi connectivity index (χ2n) is 6.07. The SMILES string of the molecule is Cc1cccnc1C(=O)NC1CCN(C(=O)c2ccccc2)CC1. The predicted molar refractivity (Wildman–Crippen MR) is 91.8 cm³/mol. The number of pyridine rings is 1. The lowest BCUT2D eigenvalue weighted by atomic mass is 10.0. The van der Waals surface area contributed by atoms with Gasteiger partial charge in [0.15, 0.2) is 0 Å². The van der Waals surface area contributed by atoms with Gasteiger partial charge in [-0.05, 0) is 43.5 Å². The average Bonchev–Trinajstić information content (AvgIpc) is 2.63. The van der Waals surface area contributed by atoms with E-state index in [1.807, 2.05) is 54.3 Å². The highest BCUT2D eigenvalue weighted by molar-refractivity contribution is 5.95. The van der Waals surface area contributed by atoms with Crippen molar-refractivity contribution in [1.29, 1.82) is 0 Å². The molecule has 1 aromatic carbocycles. The van der Waals surface area contributed by atoms with Gasteiger partial charge in [0, 0.05) is 30.9 Å². The van der Waals surface area contributed by atoms with Crippen LogP contribution in [-0.4, -0.2) is 40.8 Å². The Morgan fingerprint density at radius 1 is 1.08 bits per heavy atom. The van der Waals surface area contributed by atoms with Crippen LogP contribution in [0.1, 0.15) is 39.3 Å². The lowest BCUT2D eigenvalue weighted by Gasteiger charge is -2.32. The minimum Gasteiger partial charge on any atom is -0.348 e. The van der Waals surface area contributed by atoms with Crippen LogP contribution in [0.5, 0.6) is 0 Å². The van der Waals surface area contributed by atoms with Crippen molar-refractivity contribution in [3.63, 3.8) is 0 Å². The fraction of sp³-hybridized carbons (Fsp3) is 0.316. The zero-order valence-corrected chi connectivity index (χ0v) is 13.7. The van der Waals surface area contributed by atoms with E-state index in [4.69, 9.17) is 0 Å². The van der Waals surface area contributed by atoms with Gasteiger partial charge in [0.1, 0.15) is 5.69 Å². The number of aromatic nitrogens is 1. The Morgan fingerprint density at radius 3 is 2.46 bits per heavy atom. The molecule has 2 amide bonds. The third-order valence-corrected chi connectivity index (χ3v) is 4.36. The molecule has 1 N–H and O–H groups in total. The number of hydrogen-bond donors (Lipinski definition) is 1. The van der Waals surface area contributed by atoms with Crippen molar-refractivity contribution in [2.75, 3.05) is 13.1 Å². The minimum absolute atomic E-state index is 0.0564. The maximum Gasteiger partial charge on any atom is 0.270 e. The zero-order chi connectivity index (χ0) is 16.9. The van der Waals surface area contributed by atoms with E-state index in [9.17, 15) is 9.59 Å². The Kier molecular flexibility index (Phi) is 4.89. The van der Waals surface area contributed by atoms with Crippen molar-refractivity contribution in [3.8, 4) is 0 Å². The van der Waals surface area contributed by atoms with Crippen molar-refractivity contribution in [1.82, 2.24) is 15.2 Å². The molecule has 124 valence electrons. The van der Waals surface area contributed by atoms with Crippen molar-refractivity contribution in [3.05, 3.63) is 65.5 Å². The first kappa shape index (κ1) is 16.2. The maximum absolute atomic E-state index is 12.4. The Morgan fingerprint density at radius 2 is 1.79 bits per heavy atom. The molecule has 24 heavy (non-hydrogen) atoms. The zero-order valence-electron chi connectivity index (χ0n) is 13.7. The lowest BCUT2D eigenvalue weighted by molar-refractivity contribution is 0.0697. The number of piperidine rings is 1. The predicted octanol–water partition coefficient (Wildman–Crippen LogP) is 2.42. The van der Waals surface area contributed by atoms with Gasteiger partial charge in [-0.1, -0.05) is 24.3 Å². The number of carbonyl (C=O) groups is 2. The molecule has 2 aromatic rings. The van der Waals surface area contributed by atoms with Gasteiger partial charge >= 0.3 is 0 Å². The van der Waals surface area contributed by atoms with Crippen molar-refractivity contribution in [2.24, 2.45) is 0 Å². The lowest BCUT2D eigenvalue weighted by Crippen LogP contribution is -2.46. The summed E-state index contributed by atoms with van der Waals surface area (Å²) >= 11 is 0. The van der Waals surface area contributed by atoms with Gasteiger partial charge in [0.2, 0.25) is 0 Å². The summed E-state index contributed by atoms with van der Waals surface area (Å²) in [4.78, 5) is 30.7. The van der Waals surface area contributed by atoms with E-state index < -0.39 is 0 Å². The fourth-order valence-corrected chi connectivity index (χ4v) is 2.97. The third kappa shape index (κ3) is 3.62. The second kappa shape index (κ2) is 7.25. The van der Waals surface area contributed by atoms with E-state index in [1.54, 1.807) is 6.20 Å². The second-order valence-corrected chi connectivity index (χ2v) is 6.07. The largest absolute Gasteiger partial charge is 0.348 e. The molecule has 1 aliphatic rings. The Bertz CT molecular complexity index is 722. The number of carbonyl (C=O) groups excluding carboxylic acids is 2. The van der Waals surface area contributed by atoms with Crippen molar-refractivity contribution in [2.45, 2.75) is 25.8 Å². The smallest absolute Gasteiger partial charge is 0.270 e. The molecule has 0 spiro atoms. The van der Waals surface area contributed by atoms with Crippen LogP contribution in [0.3, 0.4) is 0 Å². The summed E-state index contributed by atoms with van der Waals surface area (Å²) in [6.45, 7) is 3.18. The van der Waals surface area contributed by atoms with Crippen LogP contribution < -0.4 is 5.32 Å². The summed E-state index contributed by atoms with van der Waals surface area (Å²) in [5.41, 5.74) is 2.05. The number of hydrogen-bond acceptors (Lipinski definition) is 3. The minimum atomic E-state index is -0.138. The van der Waals surface area contributed by atoms with Gasteiger partial charge in [0.25, 0.3) is 11.8 Å². The number of benzene rings is 1. The normalized spacial score (nSPS) is 15.1. The standard InChI is InChI=1S/C19H21N3O2/c1-14-6-5-11-20-17(14)18(23)21-16-9-12-22(13-10-16)19(24)15-7-3-2-4-8-15/h2-8,11,16H,9-10,12-13H2,1H3,(H,21,23). The molecule has 1 saturated heterocycles. The van der Waals surface area contributed by atoms with E-state index >= 15 is 0 Å². The third-order valence-electron chi connectivity index (χ3n) is 4.36. The van der Waals surface area contributed by atoms with E-state index in [0.717, 1.165) is 18.4 Å². The van der Waals surface area contributed by atoms with E-state index in [-0.39, 0.29) is 17.9 Å². The van der Waals surface area contributed by atoms with Crippen LogP contribution in [0.15, 0.2) is 48.7 Å². The molecule has 2 heterocycles. The van der Waals surface area contributed by atoms with Gasteiger partial charge in [-0.25, -0.2) is 0 Å². The maximum atomic E-state index is 12.4. The topological polar surface area (TPSA) is 62.3 Å². The molecule has 5 heteroatoms. The van der Waals surface area contributed by atoms with E-state index in [0.29, 0.717) is 24.3 Å². The monoisotopic (exact) mass is 323 g/mol. The summed E-state index contributed by atoms with van der Waals surface area (Å²) in [5.74, 6) is -0.0816. The number of amides is 2. The number of aryl methyl sites for hydroxylation is 1. The molecular formula is C19H21N3O2. The van der Waals surface area contributed by atoms with E-state index in [1.165, 1.54) is 0 Å². The molecule has 1 aromatic heterocycles. The first-order valence-corrected chi connectivity index (χ1v) is 8.22.